The minimum absolute atomic E-state index is 0.0959. The van der Waals surface area contributed by atoms with Crippen LogP contribution in [0.1, 0.15) is 40.0 Å². The molecule has 0 saturated heterocycles. The molecule has 108 valence electrons. The van der Waals surface area contributed by atoms with Crippen molar-refractivity contribution >= 4 is 14.1 Å². The summed E-state index contributed by atoms with van der Waals surface area (Å²) in [6, 6.07) is 0. The van der Waals surface area contributed by atoms with Crippen LogP contribution >= 0.6 is 0 Å². The molecule has 0 N–H and O–H groups in total. The molecule has 0 bridgehead atoms. The van der Waals surface area contributed by atoms with Crippen molar-refractivity contribution < 1.29 is 9.22 Å². The van der Waals surface area contributed by atoms with Crippen LogP contribution in [0.2, 0.25) is 18.1 Å². The monoisotopic (exact) mass is 280 g/mol. The first-order valence-electron chi connectivity index (χ1n) is 7.17. The highest BCUT2D eigenvalue weighted by atomic mass is 28.4. The lowest BCUT2D eigenvalue weighted by Crippen LogP contribution is -2.46. The van der Waals surface area contributed by atoms with E-state index in [-0.39, 0.29) is 16.9 Å². The molecule has 0 heterocycles. The molecule has 1 aliphatic rings. The molecular weight excluding hydrogens is 252 g/mol. The van der Waals surface area contributed by atoms with Gasteiger partial charge in [0.15, 0.2) is 14.1 Å². The van der Waals surface area contributed by atoms with Crippen LogP contribution in [0.15, 0.2) is 24.8 Å². The van der Waals surface area contributed by atoms with Crippen LogP contribution in [0.3, 0.4) is 0 Å². The fourth-order valence-electron chi connectivity index (χ4n) is 2.05. The Balaban J connectivity index is 2.80. The molecule has 2 nitrogen and oxygen atoms in total. The normalized spacial score (nSPS) is 24.6. The predicted octanol–water partition coefficient (Wildman–Crippen LogP) is 4.49. The summed E-state index contributed by atoms with van der Waals surface area (Å²) in [6.45, 7) is 15.0. The van der Waals surface area contributed by atoms with E-state index in [1.165, 1.54) is 0 Å². The van der Waals surface area contributed by atoms with Gasteiger partial charge in [-0.15, -0.1) is 6.58 Å². The number of carbonyl (C=O) groups is 1. The second-order valence-corrected chi connectivity index (χ2v) is 11.8. The van der Waals surface area contributed by atoms with Crippen LogP contribution < -0.4 is 0 Å². The molecule has 19 heavy (non-hydrogen) atoms. The molecule has 2 atom stereocenters. The molecular formula is C16H28O2Si. The topological polar surface area (TPSA) is 26.3 Å². The highest BCUT2D eigenvalue weighted by Crippen LogP contribution is 2.39. The number of allylic oxidation sites excluding steroid dienone is 2. The third-order valence-corrected chi connectivity index (χ3v) is 8.85. The van der Waals surface area contributed by atoms with Gasteiger partial charge in [-0.25, -0.2) is 0 Å². The van der Waals surface area contributed by atoms with Crippen molar-refractivity contribution in [2.45, 2.75) is 64.3 Å². The lowest BCUT2D eigenvalue weighted by atomic mass is 9.87. The van der Waals surface area contributed by atoms with Crippen molar-refractivity contribution in [2.75, 3.05) is 0 Å². The molecule has 1 rings (SSSR count). The molecule has 0 fully saturated rings. The van der Waals surface area contributed by atoms with Gasteiger partial charge in [-0.05, 0) is 43.0 Å². The van der Waals surface area contributed by atoms with Crippen molar-refractivity contribution in [1.82, 2.24) is 0 Å². The number of hydrogen-bond donors (Lipinski definition) is 0. The van der Waals surface area contributed by atoms with E-state index in [0.717, 1.165) is 12.8 Å². The van der Waals surface area contributed by atoms with Gasteiger partial charge < -0.3 is 4.43 Å². The Morgan fingerprint density at radius 1 is 1.47 bits per heavy atom. The molecule has 0 spiro atoms. The summed E-state index contributed by atoms with van der Waals surface area (Å²) in [5.74, 6) is 0.536. The van der Waals surface area contributed by atoms with Crippen LogP contribution in [0, 0.1) is 5.92 Å². The average molecular weight is 280 g/mol. The number of carbonyl (C=O) groups excluding carboxylic acids is 1. The molecule has 0 aromatic rings. The van der Waals surface area contributed by atoms with Gasteiger partial charge in [0.2, 0.25) is 0 Å². The largest absolute Gasteiger partial charge is 0.410 e. The Hall–Kier alpha value is -0.673. The highest BCUT2D eigenvalue weighted by Gasteiger charge is 2.40. The van der Waals surface area contributed by atoms with Crippen molar-refractivity contribution in [2.24, 2.45) is 5.92 Å². The third kappa shape index (κ3) is 4.43. The molecule has 0 unspecified atom stereocenters. The van der Waals surface area contributed by atoms with Gasteiger partial charge in [-0.2, -0.15) is 0 Å². The average Bonchev–Trinajstić information content (AvgIpc) is 2.27. The molecule has 0 amide bonds. The second-order valence-electron chi connectivity index (χ2n) is 7.00. The van der Waals surface area contributed by atoms with Crippen LogP contribution in [-0.4, -0.2) is 20.2 Å². The van der Waals surface area contributed by atoms with E-state index in [4.69, 9.17) is 4.43 Å². The quantitative estimate of drug-likeness (QED) is 0.548. The second kappa shape index (κ2) is 6.19. The SMILES string of the molecule is C=CCC[C@@H]1CC(=O)C=C[C@H]1O[Si](C)(C)C(C)(C)C. The maximum absolute atomic E-state index is 11.6. The maximum Gasteiger partial charge on any atom is 0.192 e. The molecule has 0 aromatic heterocycles. The Morgan fingerprint density at radius 2 is 2.11 bits per heavy atom. The Bertz CT molecular complexity index is 363. The summed E-state index contributed by atoms with van der Waals surface area (Å²) < 4.78 is 6.47. The standard InChI is InChI=1S/C16H28O2Si/c1-7-8-9-13-12-14(17)10-11-15(13)18-19(5,6)16(2,3)4/h7,10-11,13,15H,1,8-9,12H2,2-6H3/t13-,15-/m1/s1. The van der Waals surface area contributed by atoms with Crippen molar-refractivity contribution in [3.8, 4) is 0 Å². The van der Waals surface area contributed by atoms with Crippen LogP contribution in [0.5, 0.6) is 0 Å². The fourth-order valence-corrected chi connectivity index (χ4v) is 3.36. The summed E-state index contributed by atoms with van der Waals surface area (Å²) >= 11 is 0. The van der Waals surface area contributed by atoms with Crippen molar-refractivity contribution in [1.29, 1.82) is 0 Å². The third-order valence-electron chi connectivity index (χ3n) is 4.38. The zero-order valence-corrected chi connectivity index (χ0v) is 14.0. The van der Waals surface area contributed by atoms with Gasteiger partial charge >= 0.3 is 0 Å². The summed E-state index contributed by atoms with van der Waals surface area (Å²) in [5, 5.41) is 0.200. The highest BCUT2D eigenvalue weighted by molar-refractivity contribution is 6.74. The predicted molar refractivity (Wildman–Crippen MR) is 83.8 cm³/mol. The summed E-state index contributed by atoms with van der Waals surface area (Å²) in [6.07, 6.45) is 8.23. The first kappa shape index (κ1) is 16.4. The van der Waals surface area contributed by atoms with E-state index in [0.29, 0.717) is 12.3 Å². The van der Waals surface area contributed by atoms with E-state index >= 15 is 0 Å². The zero-order chi connectivity index (χ0) is 14.7. The molecule has 0 aliphatic heterocycles. The first-order valence-corrected chi connectivity index (χ1v) is 10.1. The van der Waals surface area contributed by atoms with Crippen LogP contribution in [-0.2, 0) is 9.22 Å². The van der Waals surface area contributed by atoms with Crippen molar-refractivity contribution in [3.63, 3.8) is 0 Å². The minimum atomic E-state index is -1.78. The number of ketones is 1. The Kier molecular flexibility index (Phi) is 5.33. The minimum Gasteiger partial charge on any atom is -0.410 e. The molecule has 3 heteroatoms. The van der Waals surface area contributed by atoms with E-state index in [1.807, 2.05) is 12.2 Å². The van der Waals surface area contributed by atoms with Gasteiger partial charge in [-0.1, -0.05) is 32.9 Å². The van der Waals surface area contributed by atoms with Gasteiger partial charge in [0, 0.05) is 6.42 Å². The van der Waals surface area contributed by atoms with Crippen molar-refractivity contribution in [3.05, 3.63) is 24.8 Å². The Labute approximate surface area is 119 Å². The maximum atomic E-state index is 11.6. The van der Waals surface area contributed by atoms with Gasteiger partial charge in [0.25, 0.3) is 0 Å². The van der Waals surface area contributed by atoms with Gasteiger partial charge in [0.05, 0.1) is 6.10 Å². The van der Waals surface area contributed by atoms with E-state index in [9.17, 15) is 4.79 Å². The Morgan fingerprint density at radius 3 is 2.63 bits per heavy atom. The van der Waals surface area contributed by atoms with E-state index in [1.54, 1.807) is 6.08 Å². The zero-order valence-electron chi connectivity index (χ0n) is 13.0. The first-order chi connectivity index (χ1) is 8.67. The lowest BCUT2D eigenvalue weighted by Gasteiger charge is -2.41. The van der Waals surface area contributed by atoms with Gasteiger partial charge in [0.1, 0.15) is 0 Å². The van der Waals surface area contributed by atoms with Crippen LogP contribution in [0.4, 0.5) is 0 Å². The fraction of sp³-hybridized carbons (Fsp3) is 0.688. The summed E-state index contributed by atoms with van der Waals surface area (Å²) in [4.78, 5) is 11.6. The molecule has 0 saturated carbocycles. The van der Waals surface area contributed by atoms with E-state index in [2.05, 4.69) is 40.4 Å². The molecule has 0 radical (unpaired) electrons. The lowest BCUT2D eigenvalue weighted by molar-refractivity contribution is -0.116. The van der Waals surface area contributed by atoms with Gasteiger partial charge in [-0.3, -0.25) is 4.79 Å². The molecule has 1 aliphatic carbocycles. The molecule has 0 aromatic carbocycles. The van der Waals surface area contributed by atoms with E-state index < -0.39 is 8.32 Å². The number of rotatable bonds is 5. The summed E-state index contributed by atoms with van der Waals surface area (Å²) in [7, 11) is -1.78. The van der Waals surface area contributed by atoms with Crippen LogP contribution in [0.25, 0.3) is 0 Å². The number of hydrogen-bond acceptors (Lipinski definition) is 2. The smallest absolute Gasteiger partial charge is 0.192 e. The summed E-state index contributed by atoms with van der Waals surface area (Å²) in [5.41, 5.74) is 0.